The molecule has 0 fully saturated rings. The summed E-state index contributed by atoms with van der Waals surface area (Å²) in [6, 6.07) is 0. The Morgan fingerprint density at radius 2 is 2.00 bits per heavy atom. The van der Waals surface area contributed by atoms with Gasteiger partial charge < -0.3 is 10.1 Å². The van der Waals surface area contributed by atoms with Gasteiger partial charge in [0, 0.05) is 26.0 Å². The predicted octanol–water partition coefficient (Wildman–Crippen LogP) is 1.29. The van der Waals surface area contributed by atoms with E-state index in [0.717, 1.165) is 6.42 Å². The van der Waals surface area contributed by atoms with Crippen LogP contribution in [0.1, 0.15) is 39.5 Å². The molecule has 0 atom stereocenters. The number of ketones is 1. The first kappa shape index (κ1) is 14.1. The molecule has 1 amide bonds. The number of carbonyl (C=O) groups is 2. The summed E-state index contributed by atoms with van der Waals surface area (Å²) in [6.45, 7) is 5.13. The highest BCUT2D eigenvalue weighted by Crippen LogP contribution is 1.92. The summed E-state index contributed by atoms with van der Waals surface area (Å²) >= 11 is 0. The molecule has 0 aromatic rings. The lowest BCUT2D eigenvalue weighted by Crippen LogP contribution is -2.28. The largest absolute Gasteiger partial charge is 0.372 e. The normalized spacial score (nSPS) is 10.0. The van der Waals surface area contributed by atoms with Crippen molar-refractivity contribution in [3.63, 3.8) is 0 Å². The molecule has 0 saturated heterocycles. The van der Waals surface area contributed by atoms with Gasteiger partial charge in [0.05, 0.1) is 0 Å². The Kier molecular flexibility index (Phi) is 9.07. The van der Waals surface area contributed by atoms with Crippen molar-refractivity contribution in [2.24, 2.45) is 0 Å². The molecule has 0 aliphatic carbocycles. The molecule has 0 spiro atoms. The summed E-state index contributed by atoms with van der Waals surface area (Å²) in [5.74, 6) is 0.138. The predicted molar refractivity (Wildman–Crippen MR) is 58.7 cm³/mol. The second-order valence-electron chi connectivity index (χ2n) is 3.40. The van der Waals surface area contributed by atoms with E-state index in [1.807, 2.05) is 13.8 Å². The van der Waals surface area contributed by atoms with E-state index in [-0.39, 0.29) is 18.3 Å². The van der Waals surface area contributed by atoms with Crippen molar-refractivity contribution in [3.05, 3.63) is 0 Å². The van der Waals surface area contributed by atoms with Gasteiger partial charge in [0.1, 0.15) is 12.4 Å². The average molecular weight is 215 g/mol. The number of hydrogen-bond acceptors (Lipinski definition) is 3. The molecule has 0 rings (SSSR count). The van der Waals surface area contributed by atoms with Crippen LogP contribution < -0.4 is 5.32 Å². The molecule has 0 aliphatic rings. The van der Waals surface area contributed by atoms with Gasteiger partial charge in [0.15, 0.2) is 0 Å². The molecular weight excluding hydrogens is 194 g/mol. The molecule has 4 nitrogen and oxygen atoms in total. The van der Waals surface area contributed by atoms with Gasteiger partial charge in [-0.25, -0.2) is 0 Å². The zero-order chi connectivity index (χ0) is 11.5. The highest BCUT2D eigenvalue weighted by Gasteiger charge is 2.01. The molecule has 1 N–H and O–H groups in total. The highest BCUT2D eigenvalue weighted by atomic mass is 16.5. The van der Waals surface area contributed by atoms with Gasteiger partial charge in [-0.3, -0.25) is 9.59 Å². The molecule has 0 aromatic carbocycles. The quantitative estimate of drug-likeness (QED) is 0.590. The molecule has 0 aromatic heterocycles. The summed E-state index contributed by atoms with van der Waals surface area (Å²) in [5, 5.41) is 2.70. The van der Waals surface area contributed by atoms with Crippen LogP contribution in [0.4, 0.5) is 0 Å². The third-order valence-corrected chi connectivity index (χ3v) is 1.93. The standard InChI is InChI=1S/C11H21NO3/c1-3-8-15-9-11(14)12-7-5-6-10(13)4-2/h3-9H2,1-2H3,(H,12,14). The summed E-state index contributed by atoms with van der Waals surface area (Å²) in [5.41, 5.74) is 0. The van der Waals surface area contributed by atoms with Crippen molar-refractivity contribution in [2.75, 3.05) is 19.8 Å². The van der Waals surface area contributed by atoms with E-state index in [1.165, 1.54) is 0 Å². The topological polar surface area (TPSA) is 55.4 Å². The lowest BCUT2D eigenvalue weighted by Gasteiger charge is -2.04. The number of carbonyl (C=O) groups excluding carboxylic acids is 2. The van der Waals surface area contributed by atoms with Crippen molar-refractivity contribution in [2.45, 2.75) is 39.5 Å². The Bertz CT molecular complexity index is 192. The monoisotopic (exact) mass is 215 g/mol. The van der Waals surface area contributed by atoms with Crippen LogP contribution in [0.3, 0.4) is 0 Å². The van der Waals surface area contributed by atoms with Crippen LogP contribution >= 0.6 is 0 Å². The Balaban J connectivity index is 3.27. The number of rotatable bonds is 9. The van der Waals surface area contributed by atoms with Crippen molar-refractivity contribution in [1.29, 1.82) is 0 Å². The van der Waals surface area contributed by atoms with Gasteiger partial charge >= 0.3 is 0 Å². The average Bonchev–Trinajstić information content (AvgIpc) is 2.24. The van der Waals surface area contributed by atoms with Crippen LogP contribution in [0, 0.1) is 0 Å². The van der Waals surface area contributed by atoms with Gasteiger partial charge in [0.2, 0.25) is 5.91 Å². The molecule has 0 heterocycles. The maximum atomic E-state index is 11.1. The van der Waals surface area contributed by atoms with Crippen molar-refractivity contribution in [3.8, 4) is 0 Å². The Morgan fingerprint density at radius 3 is 2.60 bits per heavy atom. The Morgan fingerprint density at radius 1 is 1.27 bits per heavy atom. The van der Waals surface area contributed by atoms with E-state index in [4.69, 9.17) is 4.74 Å². The minimum atomic E-state index is -0.104. The first-order valence-electron chi connectivity index (χ1n) is 5.56. The van der Waals surface area contributed by atoms with E-state index in [9.17, 15) is 9.59 Å². The smallest absolute Gasteiger partial charge is 0.245 e. The van der Waals surface area contributed by atoms with Gasteiger partial charge in [-0.1, -0.05) is 13.8 Å². The third-order valence-electron chi connectivity index (χ3n) is 1.93. The minimum Gasteiger partial charge on any atom is -0.372 e. The maximum Gasteiger partial charge on any atom is 0.245 e. The van der Waals surface area contributed by atoms with Crippen LogP contribution in [0.2, 0.25) is 0 Å². The number of amides is 1. The van der Waals surface area contributed by atoms with Crippen LogP contribution in [0.5, 0.6) is 0 Å². The van der Waals surface area contributed by atoms with Gasteiger partial charge in [-0.05, 0) is 12.8 Å². The molecular formula is C11H21NO3. The molecule has 0 radical (unpaired) electrons. The number of ether oxygens (including phenoxy) is 1. The van der Waals surface area contributed by atoms with Crippen LogP contribution in [-0.4, -0.2) is 31.4 Å². The van der Waals surface area contributed by atoms with E-state index in [1.54, 1.807) is 0 Å². The SMILES string of the molecule is CCCOCC(=O)NCCCC(=O)CC. The van der Waals surface area contributed by atoms with Gasteiger partial charge in [0.25, 0.3) is 0 Å². The molecule has 88 valence electrons. The molecule has 0 unspecified atom stereocenters. The van der Waals surface area contributed by atoms with E-state index in [0.29, 0.717) is 32.4 Å². The van der Waals surface area contributed by atoms with Crippen LogP contribution in [0.15, 0.2) is 0 Å². The number of hydrogen-bond donors (Lipinski definition) is 1. The molecule has 15 heavy (non-hydrogen) atoms. The zero-order valence-electron chi connectivity index (χ0n) is 9.67. The fourth-order valence-corrected chi connectivity index (χ4v) is 1.05. The first-order chi connectivity index (χ1) is 7.20. The highest BCUT2D eigenvalue weighted by molar-refractivity contribution is 5.78. The summed E-state index contributed by atoms with van der Waals surface area (Å²) < 4.78 is 5.06. The minimum absolute atomic E-state index is 0.104. The Hall–Kier alpha value is -0.900. The van der Waals surface area contributed by atoms with E-state index >= 15 is 0 Å². The van der Waals surface area contributed by atoms with Crippen LogP contribution in [-0.2, 0) is 14.3 Å². The zero-order valence-corrected chi connectivity index (χ0v) is 9.67. The van der Waals surface area contributed by atoms with Crippen molar-refractivity contribution >= 4 is 11.7 Å². The van der Waals surface area contributed by atoms with E-state index in [2.05, 4.69) is 5.32 Å². The fourth-order valence-electron chi connectivity index (χ4n) is 1.05. The first-order valence-corrected chi connectivity index (χ1v) is 5.56. The third kappa shape index (κ3) is 9.41. The molecule has 0 aliphatic heterocycles. The molecule has 0 bridgehead atoms. The molecule has 4 heteroatoms. The summed E-state index contributed by atoms with van der Waals surface area (Å²) in [4.78, 5) is 22.0. The lowest BCUT2D eigenvalue weighted by molar-refractivity contribution is -0.126. The lowest BCUT2D eigenvalue weighted by atomic mass is 10.2. The van der Waals surface area contributed by atoms with Crippen molar-refractivity contribution in [1.82, 2.24) is 5.32 Å². The van der Waals surface area contributed by atoms with Crippen LogP contribution in [0.25, 0.3) is 0 Å². The number of Topliss-reactive ketones (excluding diaryl/α,β-unsaturated/α-hetero) is 1. The van der Waals surface area contributed by atoms with Gasteiger partial charge in [-0.15, -0.1) is 0 Å². The Labute approximate surface area is 91.4 Å². The molecule has 0 saturated carbocycles. The fraction of sp³-hybridized carbons (Fsp3) is 0.818. The second kappa shape index (κ2) is 9.65. The second-order valence-corrected chi connectivity index (χ2v) is 3.40. The van der Waals surface area contributed by atoms with Gasteiger partial charge in [-0.2, -0.15) is 0 Å². The maximum absolute atomic E-state index is 11.1. The summed E-state index contributed by atoms with van der Waals surface area (Å²) in [6.07, 6.45) is 2.75. The number of nitrogens with one attached hydrogen (secondary N) is 1. The van der Waals surface area contributed by atoms with E-state index < -0.39 is 0 Å². The van der Waals surface area contributed by atoms with Crippen molar-refractivity contribution < 1.29 is 14.3 Å². The summed E-state index contributed by atoms with van der Waals surface area (Å²) in [7, 11) is 0.